The van der Waals surface area contributed by atoms with Crippen molar-refractivity contribution in [2.24, 2.45) is 5.73 Å². The van der Waals surface area contributed by atoms with E-state index in [0.29, 0.717) is 5.02 Å². The van der Waals surface area contributed by atoms with Gasteiger partial charge in [0.2, 0.25) is 5.82 Å². The Hall–Kier alpha value is -2.21. The molecule has 0 aliphatic carbocycles. The molecule has 1 saturated heterocycles. The summed E-state index contributed by atoms with van der Waals surface area (Å²) in [6, 6.07) is 6.84. The predicted molar refractivity (Wildman–Crippen MR) is 95.4 cm³/mol. The Balaban J connectivity index is 1.84. The number of nitrogens with two attached hydrogens (primary N) is 2. The van der Waals surface area contributed by atoms with E-state index in [1.807, 2.05) is 0 Å². The number of carbonyl (C=O) groups is 1. The number of hydrogen-bond donors (Lipinski definition) is 6. The molecule has 4 atom stereocenters. The molecule has 1 aliphatic rings. The Morgan fingerprint density at radius 2 is 2.04 bits per heavy atom. The van der Waals surface area contributed by atoms with Crippen LogP contribution >= 0.6 is 11.6 Å². The molecule has 2 aromatic rings. The lowest BCUT2D eigenvalue weighted by molar-refractivity contribution is -0.285. The van der Waals surface area contributed by atoms with Gasteiger partial charge in [0.25, 0.3) is 11.8 Å². The third kappa shape index (κ3) is 3.50. The first-order chi connectivity index (χ1) is 12.8. The molecule has 27 heavy (non-hydrogen) atoms. The number of aliphatic hydroxyl groups is 3. The molecule has 1 aliphatic heterocycles. The third-order valence-corrected chi connectivity index (χ3v) is 4.58. The molecular formula is C16H20ClN5O5. The molecule has 1 aromatic heterocycles. The zero-order valence-electron chi connectivity index (χ0n) is 14.1. The monoisotopic (exact) mass is 397 g/mol. The first-order valence-corrected chi connectivity index (χ1v) is 8.48. The van der Waals surface area contributed by atoms with Gasteiger partial charge in [-0.25, -0.2) is 4.98 Å². The van der Waals surface area contributed by atoms with Crippen LogP contribution in [0.25, 0.3) is 0 Å². The van der Waals surface area contributed by atoms with Crippen LogP contribution in [0.3, 0.4) is 0 Å². The van der Waals surface area contributed by atoms with Crippen LogP contribution in [0.5, 0.6) is 0 Å². The van der Waals surface area contributed by atoms with Crippen molar-refractivity contribution in [2.75, 3.05) is 12.3 Å². The molecule has 0 unspecified atom stereocenters. The van der Waals surface area contributed by atoms with Gasteiger partial charge in [-0.05, 0) is 17.7 Å². The highest BCUT2D eigenvalue weighted by atomic mass is 35.5. The number of nitrogens with zero attached hydrogens (tertiary/aromatic N) is 2. The van der Waals surface area contributed by atoms with Crippen LogP contribution in [-0.2, 0) is 17.2 Å². The van der Waals surface area contributed by atoms with Crippen molar-refractivity contribution >= 4 is 23.3 Å². The highest BCUT2D eigenvalue weighted by Crippen LogP contribution is 2.35. The summed E-state index contributed by atoms with van der Waals surface area (Å²) in [5.74, 6) is -3.60. The zero-order valence-corrected chi connectivity index (χ0v) is 14.9. The first-order valence-electron chi connectivity index (χ1n) is 8.10. The third-order valence-electron chi connectivity index (χ3n) is 4.33. The number of anilines is 1. The van der Waals surface area contributed by atoms with E-state index in [1.165, 1.54) is 0 Å². The molecule has 0 spiro atoms. The van der Waals surface area contributed by atoms with Gasteiger partial charge in [0.1, 0.15) is 18.0 Å². The van der Waals surface area contributed by atoms with Crippen LogP contribution < -0.4 is 16.8 Å². The van der Waals surface area contributed by atoms with Crippen molar-refractivity contribution in [1.82, 2.24) is 14.9 Å². The second kappa shape index (κ2) is 7.43. The van der Waals surface area contributed by atoms with Gasteiger partial charge < -0.3 is 36.8 Å². The minimum absolute atomic E-state index is 0.141. The number of imidazole rings is 1. The molecule has 146 valence electrons. The Morgan fingerprint density at radius 1 is 1.37 bits per heavy atom. The normalized spacial score (nSPS) is 27.7. The summed E-state index contributed by atoms with van der Waals surface area (Å²) in [4.78, 5) is 16.4. The molecule has 11 heteroatoms. The number of nitrogen functional groups attached to an aromatic ring is 1. The van der Waals surface area contributed by atoms with Gasteiger partial charge in [0.15, 0.2) is 6.10 Å². The topological polar surface area (TPSA) is 169 Å². The van der Waals surface area contributed by atoms with Crippen LogP contribution in [0.1, 0.15) is 16.2 Å². The maximum Gasteiger partial charge on any atom is 0.287 e. The average Bonchev–Trinajstić information content (AvgIpc) is 3.15. The molecule has 10 nitrogen and oxygen atoms in total. The molecule has 1 fully saturated rings. The van der Waals surface area contributed by atoms with Crippen LogP contribution in [0, 0.1) is 0 Å². The van der Waals surface area contributed by atoms with Crippen molar-refractivity contribution in [3.05, 3.63) is 46.9 Å². The number of amides is 1. The highest BCUT2D eigenvalue weighted by molar-refractivity contribution is 6.30. The number of carbonyl (C=O) groups excluding carboxylic acids is 1. The van der Waals surface area contributed by atoms with E-state index in [0.717, 1.165) is 16.3 Å². The van der Waals surface area contributed by atoms with Crippen molar-refractivity contribution in [3.8, 4) is 0 Å². The molecule has 0 bridgehead atoms. The predicted octanol–water partition coefficient (Wildman–Crippen LogP) is -1.27. The fraction of sp³-hybridized carbons (Fsp3) is 0.375. The zero-order chi connectivity index (χ0) is 19.8. The second-order valence-electron chi connectivity index (χ2n) is 6.14. The fourth-order valence-corrected chi connectivity index (χ4v) is 3.01. The van der Waals surface area contributed by atoms with Gasteiger partial charge in [-0.2, -0.15) is 0 Å². The lowest BCUT2D eigenvalue weighted by Gasteiger charge is -2.29. The molecule has 2 heterocycles. The molecular weight excluding hydrogens is 378 g/mol. The average molecular weight is 398 g/mol. The summed E-state index contributed by atoms with van der Waals surface area (Å²) in [6.45, 7) is 0.00584. The molecule has 0 radical (unpaired) electrons. The van der Waals surface area contributed by atoms with E-state index >= 15 is 0 Å². The Kier molecular flexibility index (Phi) is 5.38. The van der Waals surface area contributed by atoms with Gasteiger partial charge in [0, 0.05) is 18.1 Å². The quantitative estimate of drug-likeness (QED) is 0.363. The lowest BCUT2D eigenvalue weighted by Crippen LogP contribution is -2.48. The van der Waals surface area contributed by atoms with Gasteiger partial charge in [-0.3, -0.25) is 9.36 Å². The Morgan fingerprint density at radius 3 is 2.63 bits per heavy atom. The molecule has 8 N–H and O–H groups in total. The number of halogens is 1. The van der Waals surface area contributed by atoms with Crippen LogP contribution in [0.4, 0.5) is 5.82 Å². The number of aliphatic hydroxyl groups excluding tert-OH is 2. The summed E-state index contributed by atoms with van der Waals surface area (Å²) in [7, 11) is 0. The minimum atomic E-state index is -2.49. The van der Waals surface area contributed by atoms with E-state index in [1.54, 1.807) is 24.3 Å². The van der Waals surface area contributed by atoms with Crippen molar-refractivity contribution in [3.63, 3.8) is 0 Å². The fourth-order valence-electron chi connectivity index (χ4n) is 2.89. The number of aromatic nitrogens is 2. The molecule has 3 rings (SSSR count). The SMILES string of the molecule is NC[C@H]1O[C@@](O)(n2c(N)cnc2C(=O)NCc2ccc(Cl)cc2)[C@H](O)[C@@H]1O. The second-order valence-corrected chi connectivity index (χ2v) is 6.57. The van der Waals surface area contributed by atoms with Crippen LogP contribution in [-0.4, -0.2) is 55.6 Å². The van der Waals surface area contributed by atoms with Crippen molar-refractivity contribution in [1.29, 1.82) is 0 Å². The van der Waals surface area contributed by atoms with Gasteiger partial charge in [-0.15, -0.1) is 0 Å². The summed E-state index contributed by atoms with van der Waals surface area (Å²) < 4.78 is 6.12. The van der Waals surface area contributed by atoms with E-state index in [9.17, 15) is 20.1 Å². The number of nitrogens with one attached hydrogen (secondary N) is 1. The number of benzene rings is 1. The van der Waals surface area contributed by atoms with Gasteiger partial charge in [0.05, 0.1) is 6.20 Å². The molecule has 0 saturated carbocycles. The van der Waals surface area contributed by atoms with Gasteiger partial charge in [-0.1, -0.05) is 23.7 Å². The van der Waals surface area contributed by atoms with E-state index in [4.69, 9.17) is 27.8 Å². The van der Waals surface area contributed by atoms with E-state index in [2.05, 4.69) is 10.3 Å². The summed E-state index contributed by atoms with van der Waals surface area (Å²) in [5, 5.41) is 34.2. The minimum Gasteiger partial charge on any atom is -0.387 e. The van der Waals surface area contributed by atoms with Gasteiger partial charge >= 0.3 is 0 Å². The summed E-state index contributed by atoms with van der Waals surface area (Å²) >= 11 is 5.82. The Labute approximate surface area is 159 Å². The number of ether oxygens (including phenoxy) is 1. The van der Waals surface area contributed by atoms with E-state index in [-0.39, 0.29) is 24.7 Å². The number of rotatable bonds is 5. The van der Waals surface area contributed by atoms with Crippen molar-refractivity contribution < 1.29 is 24.9 Å². The Bertz CT molecular complexity index is 829. The first kappa shape index (κ1) is 19.5. The smallest absolute Gasteiger partial charge is 0.287 e. The van der Waals surface area contributed by atoms with E-state index < -0.39 is 30.1 Å². The maximum atomic E-state index is 12.5. The standard InChI is InChI=1S/C16H20ClN5O5/c17-9-3-1-8(2-4-9)6-21-15(25)14-20-7-11(19)22(14)16(26)13(24)12(23)10(5-18)27-16/h1-4,7,10,12-13,23-24,26H,5-6,18-19H2,(H,21,25)/t10-,12-,13-,16-/m1/s1. The lowest BCUT2D eigenvalue weighted by atomic mass is 10.1. The molecule has 1 amide bonds. The van der Waals surface area contributed by atoms with Crippen LogP contribution in [0.15, 0.2) is 30.5 Å². The summed E-state index contributed by atoms with van der Waals surface area (Å²) in [6.07, 6.45) is -3.16. The van der Waals surface area contributed by atoms with Crippen LogP contribution in [0.2, 0.25) is 5.02 Å². The highest BCUT2D eigenvalue weighted by Gasteiger charge is 2.56. The van der Waals surface area contributed by atoms with Crippen molar-refractivity contribution in [2.45, 2.75) is 30.8 Å². The maximum absolute atomic E-state index is 12.5. The summed E-state index contributed by atoms with van der Waals surface area (Å²) in [5.41, 5.74) is 12.1. The number of hydrogen-bond acceptors (Lipinski definition) is 8. The largest absolute Gasteiger partial charge is 0.387 e. The molecule has 1 aromatic carbocycles.